The standard InChI is InChI=1S/C71H44F15N3/c1-36-14-37(2)16-45(15-36)41-6-12-63-59(28-41)60-30-43(47-18-39(4)21-52(24-47)68(75,76)77)8-13-64(60)89(63)66-32-50(35-87)65(34-56(66)49-19-40(5)22-53(27-49)69(78,79)80)88-61-10-7-42(46-17-38(3)20-51(23-46)67(72,73)74)29-57(61)58-31-44(9-11-62(58)88)48-25-54(70(81,82)83)33-55(26-48)71(84,85)86/h6-34H,1-5H3. The molecule has 0 saturated carbocycles. The number of rotatable bonds is 7. The molecule has 10 aromatic carbocycles. The van der Waals surface area contributed by atoms with Crippen molar-refractivity contribution >= 4 is 43.6 Å². The first-order chi connectivity index (χ1) is 41.7. The van der Waals surface area contributed by atoms with Crippen LogP contribution in [0.3, 0.4) is 0 Å². The molecular weight excluding hydrogens is 1180 g/mol. The molecule has 89 heavy (non-hydrogen) atoms. The number of benzene rings is 10. The summed E-state index contributed by atoms with van der Waals surface area (Å²) in [6.07, 6.45) is -24.8. The Bertz CT molecular complexity index is 4910. The third kappa shape index (κ3) is 11.1. The van der Waals surface area contributed by atoms with Crippen LogP contribution >= 0.6 is 0 Å². The van der Waals surface area contributed by atoms with Crippen LogP contribution in [0.15, 0.2) is 176 Å². The van der Waals surface area contributed by atoms with Crippen molar-refractivity contribution in [3.63, 3.8) is 0 Å². The number of nitrogens with zero attached hydrogens (tertiary/aromatic N) is 3. The second kappa shape index (κ2) is 21.0. The van der Waals surface area contributed by atoms with Crippen molar-refractivity contribution in [3.05, 3.63) is 237 Å². The zero-order valence-electron chi connectivity index (χ0n) is 47.3. The molecule has 0 aliphatic rings. The molecule has 12 rings (SSSR count). The van der Waals surface area contributed by atoms with Gasteiger partial charge in [-0.1, -0.05) is 71.8 Å². The summed E-state index contributed by atoms with van der Waals surface area (Å²) in [7, 11) is 0. The third-order valence-corrected chi connectivity index (χ3v) is 15.9. The summed E-state index contributed by atoms with van der Waals surface area (Å²) < 4.78 is 220. The van der Waals surface area contributed by atoms with Gasteiger partial charge in [-0.25, -0.2) is 0 Å². The quantitative estimate of drug-likeness (QED) is 0.146. The lowest BCUT2D eigenvalue weighted by Crippen LogP contribution is -2.11. The Hall–Kier alpha value is -9.76. The van der Waals surface area contributed by atoms with Gasteiger partial charge in [0.2, 0.25) is 0 Å². The maximum absolute atomic E-state index is 15.0. The summed E-state index contributed by atoms with van der Waals surface area (Å²) in [5.41, 5.74) is -0.0192. The molecule has 2 heterocycles. The Kier molecular flexibility index (Phi) is 14.0. The molecule has 0 radical (unpaired) electrons. The molecule has 0 saturated heterocycles. The van der Waals surface area contributed by atoms with Gasteiger partial charge in [-0.2, -0.15) is 71.1 Å². The third-order valence-electron chi connectivity index (χ3n) is 15.9. The van der Waals surface area contributed by atoms with Gasteiger partial charge in [-0.15, -0.1) is 0 Å². The largest absolute Gasteiger partial charge is 0.416 e. The summed E-state index contributed by atoms with van der Waals surface area (Å²) >= 11 is 0. The van der Waals surface area contributed by atoms with E-state index in [1.54, 1.807) is 46.4 Å². The Morgan fingerprint density at radius 1 is 0.270 bits per heavy atom. The van der Waals surface area contributed by atoms with E-state index < -0.39 is 64.3 Å². The van der Waals surface area contributed by atoms with Gasteiger partial charge in [0.1, 0.15) is 6.07 Å². The minimum atomic E-state index is -5.22. The first-order valence-electron chi connectivity index (χ1n) is 27.4. The van der Waals surface area contributed by atoms with E-state index in [1.807, 2.05) is 44.2 Å². The summed E-state index contributed by atoms with van der Waals surface area (Å²) in [5, 5.41) is 12.9. The highest BCUT2D eigenvalue weighted by Gasteiger charge is 2.38. The molecule has 0 aliphatic heterocycles. The van der Waals surface area contributed by atoms with Gasteiger partial charge in [0.05, 0.1) is 66.8 Å². The second-order valence-corrected chi connectivity index (χ2v) is 22.5. The molecule has 2 aromatic heterocycles. The van der Waals surface area contributed by atoms with Crippen molar-refractivity contribution in [2.24, 2.45) is 0 Å². The van der Waals surface area contributed by atoms with Gasteiger partial charge in [0.25, 0.3) is 0 Å². The fourth-order valence-corrected chi connectivity index (χ4v) is 12.1. The van der Waals surface area contributed by atoms with Gasteiger partial charge >= 0.3 is 30.9 Å². The molecule has 0 bridgehead atoms. The van der Waals surface area contributed by atoms with E-state index in [2.05, 4.69) is 6.07 Å². The van der Waals surface area contributed by atoms with E-state index in [0.717, 1.165) is 58.7 Å². The van der Waals surface area contributed by atoms with Crippen LogP contribution in [0.5, 0.6) is 0 Å². The first-order valence-corrected chi connectivity index (χ1v) is 27.4. The van der Waals surface area contributed by atoms with Gasteiger partial charge < -0.3 is 9.13 Å². The molecule has 448 valence electrons. The minimum Gasteiger partial charge on any atom is -0.309 e. The Labute approximate surface area is 497 Å². The van der Waals surface area contributed by atoms with Crippen LogP contribution in [0.1, 0.15) is 61.2 Å². The van der Waals surface area contributed by atoms with Crippen LogP contribution in [0.4, 0.5) is 65.9 Å². The van der Waals surface area contributed by atoms with Crippen LogP contribution in [0.2, 0.25) is 0 Å². The SMILES string of the molecule is Cc1cc(C)cc(-c2ccc3c(c2)c2cc(-c4cc(C)cc(C(F)(F)F)c4)ccc2n3-c2cc(C#N)c(-n3c4ccc(-c5cc(C)cc(C(F)(F)F)c5)cc4c4cc(-c5cc(C(F)(F)F)cc(C(F)(F)F)c5)ccc43)cc2-c2cc(C)cc(C(F)(F)F)c2)c1. The number of aryl methyl sites for hydroxylation is 5. The topological polar surface area (TPSA) is 33.6 Å². The molecule has 18 heteroatoms. The van der Waals surface area contributed by atoms with Crippen molar-refractivity contribution in [2.45, 2.75) is 65.5 Å². The highest BCUT2D eigenvalue weighted by molar-refractivity contribution is 6.14. The fraction of sp³-hybridized carbons (Fsp3) is 0.141. The molecule has 0 fully saturated rings. The molecule has 12 aromatic rings. The van der Waals surface area contributed by atoms with Crippen molar-refractivity contribution in [1.82, 2.24) is 9.13 Å². The van der Waals surface area contributed by atoms with Crippen LogP contribution in [0.25, 0.3) is 111 Å². The van der Waals surface area contributed by atoms with E-state index in [4.69, 9.17) is 0 Å². The van der Waals surface area contributed by atoms with Crippen molar-refractivity contribution in [2.75, 3.05) is 0 Å². The molecule has 0 atom stereocenters. The highest BCUT2D eigenvalue weighted by Crippen LogP contribution is 2.47. The molecule has 3 nitrogen and oxygen atoms in total. The highest BCUT2D eigenvalue weighted by atomic mass is 19.4. The number of hydrogen-bond donors (Lipinski definition) is 0. The maximum Gasteiger partial charge on any atom is 0.416 e. The fourth-order valence-electron chi connectivity index (χ4n) is 12.1. The van der Waals surface area contributed by atoms with Crippen LogP contribution in [-0.2, 0) is 30.9 Å². The molecule has 0 spiro atoms. The molecule has 0 unspecified atom stereocenters. The van der Waals surface area contributed by atoms with E-state index in [0.29, 0.717) is 45.1 Å². The number of nitriles is 1. The lowest BCUT2D eigenvalue weighted by atomic mass is 9.95. The monoisotopic (exact) mass is 1220 g/mol. The zero-order valence-corrected chi connectivity index (χ0v) is 47.3. The summed E-state index contributed by atoms with van der Waals surface area (Å²) in [5.74, 6) is 0. The van der Waals surface area contributed by atoms with Crippen LogP contribution < -0.4 is 0 Å². The predicted octanol–water partition coefficient (Wildman–Crippen LogP) is 22.7. The first kappa shape index (κ1) is 59.6. The van der Waals surface area contributed by atoms with Crippen molar-refractivity contribution in [1.29, 1.82) is 5.26 Å². The second-order valence-electron chi connectivity index (χ2n) is 22.5. The summed E-state index contributed by atoms with van der Waals surface area (Å²) in [6, 6.07) is 41.7. The van der Waals surface area contributed by atoms with Crippen LogP contribution in [-0.4, -0.2) is 9.13 Å². The molecular formula is C71H44F15N3. The minimum absolute atomic E-state index is 0.00579. The normalized spacial score (nSPS) is 12.7. The maximum atomic E-state index is 15.0. The number of alkyl halides is 15. The van der Waals surface area contributed by atoms with Gasteiger partial charge in [-0.05, 0) is 217 Å². The smallest absolute Gasteiger partial charge is 0.309 e. The molecule has 0 N–H and O–H groups in total. The van der Waals surface area contributed by atoms with Crippen molar-refractivity contribution < 1.29 is 65.9 Å². The van der Waals surface area contributed by atoms with E-state index in [1.165, 1.54) is 74.5 Å². The zero-order chi connectivity index (χ0) is 63.8. The summed E-state index contributed by atoms with van der Waals surface area (Å²) in [4.78, 5) is 0. The summed E-state index contributed by atoms with van der Waals surface area (Å²) in [6.45, 7) is 8.33. The van der Waals surface area contributed by atoms with Crippen molar-refractivity contribution in [3.8, 4) is 73.1 Å². The number of aromatic nitrogens is 2. The van der Waals surface area contributed by atoms with E-state index in [9.17, 15) is 57.9 Å². The predicted molar refractivity (Wildman–Crippen MR) is 316 cm³/mol. The number of fused-ring (bicyclic) bond motifs is 6. The lowest BCUT2D eigenvalue weighted by molar-refractivity contribution is -0.143. The Balaban J connectivity index is 1.18. The average Bonchev–Trinajstić information content (AvgIpc) is 1.60. The van der Waals surface area contributed by atoms with Gasteiger partial charge in [-0.3, -0.25) is 0 Å². The van der Waals surface area contributed by atoms with Crippen LogP contribution in [0, 0.1) is 45.9 Å². The lowest BCUT2D eigenvalue weighted by Gasteiger charge is -2.20. The van der Waals surface area contributed by atoms with E-state index in [-0.39, 0.29) is 89.3 Å². The number of halogens is 15. The molecule has 0 aliphatic carbocycles. The average molecular weight is 1220 g/mol. The molecule has 0 amide bonds. The Morgan fingerprint density at radius 2 is 0.539 bits per heavy atom. The Morgan fingerprint density at radius 3 is 0.865 bits per heavy atom. The van der Waals surface area contributed by atoms with Gasteiger partial charge in [0, 0.05) is 27.1 Å². The van der Waals surface area contributed by atoms with E-state index >= 15 is 13.2 Å². The van der Waals surface area contributed by atoms with Gasteiger partial charge in [0.15, 0.2) is 0 Å². The number of hydrogen-bond acceptors (Lipinski definition) is 1.